The molecule has 1 N–H and O–H groups in total. The van der Waals surface area contributed by atoms with Crippen LogP contribution in [0.15, 0.2) is 29.6 Å². The Balaban J connectivity index is 1.46. The summed E-state index contributed by atoms with van der Waals surface area (Å²) in [6.07, 6.45) is 5.18. The molecule has 138 valence electrons. The Hall–Kier alpha value is -1.76. The number of thiazole rings is 1. The molecule has 2 aliphatic rings. The number of benzene rings is 1. The van der Waals surface area contributed by atoms with Crippen LogP contribution in [0.4, 0.5) is 0 Å². The van der Waals surface area contributed by atoms with E-state index in [-0.39, 0.29) is 0 Å². The Kier molecular flexibility index (Phi) is 5.07. The van der Waals surface area contributed by atoms with E-state index in [0.29, 0.717) is 23.8 Å². The third-order valence-electron chi connectivity index (χ3n) is 5.50. The summed E-state index contributed by atoms with van der Waals surface area (Å²) in [5.74, 6) is -0.905. The van der Waals surface area contributed by atoms with E-state index in [2.05, 4.69) is 17.2 Å². The lowest BCUT2D eigenvalue weighted by molar-refractivity contribution is -0.0177. The van der Waals surface area contributed by atoms with Crippen molar-refractivity contribution in [1.82, 2.24) is 9.88 Å². The number of rotatable bonds is 6. The van der Waals surface area contributed by atoms with Gasteiger partial charge in [0.15, 0.2) is 0 Å². The molecule has 0 radical (unpaired) electrons. The number of carbonyl (C=O) groups is 1. The van der Waals surface area contributed by atoms with Crippen molar-refractivity contribution in [2.24, 2.45) is 0 Å². The number of hydrogen-bond acceptors (Lipinski definition) is 5. The molecule has 0 amide bonds. The normalized spacial score (nSPS) is 25.5. The van der Waals surface area contributed by atoms with E-state index in [1.165, 1.54) is 12.8 Å². The standard InChI is InChI=1S/C20H24N2O3S/c1-2-25-18-9-16-6-7-17(10-18)22(16)11-15-12-26-19(21-15)13-4-3-5-14(8-13)20(23)24/h3-5,8,12,16-18H,2,6-7,9-11H2,1H3,(H,23,24). The van der Waals surface area contributed by atoms with Crippen LogP contribution in [0, 0.1) is 0 Å². The summed E-state index contributed by atoms with van der Waals surface area (Å²) in [6, 6.07) is 8.21. The molecule has 1 aromatic carbocycles. The van der Waals surface area contributed by atoms with Gasteiger partial charge in [0, 0.05) is 36.2 Å². The highest BCUT2D eigenvalue weighted by Crippen LogP contribution is 2.38. The lowest BCUT2D eigenvalue weighted by Gasteiger charge is -2.38. The molecule has 2 fully saturated rings. The number of aromatic carboxylic acids is 1. The van der Waals surface area contributed by atoms with Gasteiger partial charge >= 0.3 is 5.97 Å². The molecule has 1 aromatic heterocycles. The van der Waals surface area contributed by atoms with Gasteiger partial charge in [0.1, 0.15) is 5.01 Å². The fourth-order valence-corrected chi connectivity index (χ4v) is 5.15. The summed E-state index contributed by atoms with van der Waals surface area (Å²) in [5, 5.41) is 12.2. The SMILES string of the molecule is CCOC1CC2CCC(C1)N2Cc1csc(-c2cccc(C(=O)O)c2)n1. The Bertz CT molecular complexity index is 777. The second kappa shape index (κ2) is 7.47. The summed E-state index contributed by atoms with van der Waals surface area (Å²) in [6.45, 7) is 3.75. The maximum absolute atomic E-state index is 11.2. The fraction of sp³-hybridized carbons (Fsp3) is 0.500. The van der Waals surface area contributed by atoms with E-state index in [4.69, 9.17) is 14.8 Å². The van der Waals surface area contributed by atoms with Gasteiger partial charge in [-0.05, 0) is 44.7 Å². The zero-order valence-corrected chi connectivity index (χ0v) is 15.7. The van der Waals surface area contributed by atoms with Crippen molar-refractivity contribution >= 4 is 17.3 Å². The van der Waals surface area contributed by atoms with Crippen molar-refractivity contribution in [3.05, 3.63) is 40.9 Å². The molecule has 0 spiro atoms. The molecule has 2 aliphatic heterocycles. The van der Waals surface area contributed by atoms with Crippen LogP contribution >= 0.6 is 11.3 Å². The van der Waals surface area contributed by atoms with Gasteiger partial charge in [0.2, 0.25) is 0 Å². The molecule has 2 unspecified atom stereocenters. The van der Waals surface area contributed by atoms with Gasteiger partial charge in [-0.3, -0.25) is 4.90 Å². The monoisotopic (exact) mass is 372 g/mol. The largest absolute Gasteiger partial charge is 0.478 e. The van der Waals surface area contributed by atoms with Crippen LogP contribution in [0.25, 0.3) is 10.6 Å². The number of nitrogens with zero attached hydrogens (tertiary/aromatic N) is 2. The first-order chi connectivity index (χ1) is 12.6. The van der Waals surface area contributed by atoms with E-state index < -0.39 is 5.97 Å². The highest BCUT2D eigenvalue weighted by Gasteiger charge is 2.41. The minimum Gasteiger partial charge on any atom is -0.478 e. The number of piperidine rings is 1. The summed E-state index contributed by atoms with van der Waals surface area (Å²) in [4.78, 5) is 18.5. The van der Waals surface area contributed by atoms with Gasteiger partial charge in [-0.15, -0.1) is 11.3 Å². The van der Waals surface area contributed by atoms with Gasteiger partial charge in [-0.25, -0.2) is 9.78 Å². The molecule has 2 aromatic rings. The van der Waals surface area contributed by atoms with Crippen LogP contribution < -0.4 is 0 Å². The zero-order chi connectivity index (χ0) is 18.1. The minimum atomic E-state index is -0.905. The van der Waals surface area contributed by atoms with Crippen LogP contribution in [0.5, 0.6) is 0 Å². The molecule has 2 bridgehead atoms. The van der Waals surface area contributed by atoms with Crippen molar-refractivity contribution in [3.8, 4) is 10.6 Å². The second-order valence-corrected chi connectivity index (χ2v) is 7.99. The summed E-state index contributed by atoms with van der Waals surface area (Å²) >= 11 is 1.59. The van der Waals surface area contributed by atoms with Gasteiger partial charge in [-0.2, -0.15) is 0 Å². The first-order valence-electron chi connectivity index (χ1n) is 9.29. The first kappa shape index (κ1) is 17.6. The van der Waals surface area contributed by atoms with Crippen LogP contribution in [-0.2, 0) is 11.3 Å². The second-order valence-electron chi connectivity index (χ2n) is 7.14. The lowest BCUT2D eigenvalue weighted by Crippen LogP contribution is -2.44. The average Bonchev–Trinajstić information content (AvgIpc) is 3.18. The summed E-state index contributed by atoms with van der Waals surface area (Å²) in [7, 11) is 0. The van der Waals surface area contributed by atoms with Crippen LogP contribution in [0.3, 0.4) is 0 Å². The Labute approximate surface area is 157 Å². The maximum Gasteiger partial charge on any atom is 0.335 e. The summed E-state index contributed by atoms with van der Waals surface area (Å²) in [5.41, 5.74) is 2.26. The van der Waals surface area contributed by atoms with Crippen molar-refractivity contribution in [2.75, 3.05) is 6.61 Å². The van der Waals surface area contributed by atoms with Gasteiger partial charge < -0.3 is 9.84 Å². The Morgan fingerprint density at radius 3 is 2.81 bits per heavy atom. The predicted molar refractivity (Wildman–Crippen MR) is 102 cm³/mol. The van der Waals surface area contributed by atoms with E-state index in [0.717, 1.165) is 42.3 Å². The fourth-order valence-electron chi connectivity index (χ4n) is 4.34. The topological polar surface area (TPSA) is 62.7 Å². The number of ether oxygens (including phenoxy) is 1. The molecular formula is C20H24N2O3S. The number of hydrogen-bond donors (Lipinski definition) is 1. The van der Waals surface area contributed by atoms with Crippen LogP contribution in [0.2, 0.25) is 0 Å². The molecule has 4 rings (SSSR count). The summed E-state index contributed by atoms with van der Waals surface area (Å²) < 4.78 is 5.87. The van der Waals surface area contributed by atoms with Gasteiger partial charge in [0.25, 0.3) is 0 Å². The molecule has 5 nitrogen and oxygen atoms in total. The Morgan fingerprint density at radius 2 is 2.12 bits per heavy atom. The molecular weight excluding hydrogens is 348 g/mol. The molecule has 26 heavy (non-hydrogen) atoms. The van der Waals surface area contributed by atoms with E-state index in [1.807, 2.05) is 6.07 Å². The van der Waals surface area contributed by atoms with E-state index in [9.17, 15) is 4.79 Å². The van der Waals surface area contributed by atoms with Gasteiger partial charge in [-0.1, -0.05) is 12.1 Å². The maximum atomic E-state index is 11.2. The zero-order valence-electron chi connectivity index (χ0n) is 14.9. The first-order valence-corrected chi connectivity index (χ1v) is 10.2. The highest BCUT2D eigenvalue weighted by molar-refractivity contribution is 7.13. The van der Waals surface area contributed by atoms with Crippen LogP contribution in [0.1, 0.15) is 48.7 Å². The van der Waals surface area contributed by atoms with E-state index >= 15 is 0 Å². The number of fused-ring (bicyclic) bond motifs is 2. The highest BCUT2D eigenvalue weighted by atomic mass is 32.1. The molecule has 6 heteroatoms. The smallest absolute Gasteiger partial charge is 0.335 e. The van der Waals surface area contributed by atoms with Crippen molar-refractivity contribution in [1.29, 1.82) is 0 Å². The Morgan fingerprint density at radius 1 is 1.35 bits per heavy atom. The van der Waals surface area contributed by atoms with Crippen LogP contribution in [-0.4, -0.2) is 45.8 Å². The predicted octanol–water partition coefficient (Wildman–Crippen LogP) is 4.04. The average molecular weight is 372 g/mol. The molecule has 3 heterocycles. The van der Waals surface area contributed by atoms with Crippen molar-refractivity contribution < 1.29 is 14.6 Å². The third-order valence-corrected chi connectivity index (χ3v) is 6.44. The van der Waals surface area contributed by atoms with E-state index in [1.54, 1.807) is 29.5 Å². The molecule has 2 saturated heterocycles. The molecule has 2 atom stereocenters. The quantitative estimate of drug-likeness (QED) is 0.829. The number of aromatic nitrogens is 1. The molecule has 0 aliphatic carbocycles. The van der Waals surface area contributed by atoms with Crippen molar-refractivity contribution in [3.63, 3.8) is 0 Å². The minimum absolute atomic E-state index is 0.301. The molecule has 0 saturated carbocycles. The number of carboxylic acids is 1. The third kappa shape index (κ3) is 3.54. The van der Waals surface area contributed by atoms with Crippen molar-refractivity contribution in [2.45, 2.75) is 57.3 Å². The lowest BCUT2D eigenvalue weighted by atomic mass is 9.99. The van der Waals surface area contributed by atoms with Gasteiger partial charge in [0.05, 0.1) is 17.4 Å². The number of carboxylic acid groups (broad SMARTS) is 1.